The number of rotatable bonds is 9. The molecule has 0 heterocycles. The first-order chi connectivity index (χ1) is 8.77. The minimum Gasteiger partial charge on any atom is -0.494 e. The van der Waals surface area contributed by atoms with Crippen molar-refractivity contribution in [3.05, 3.63) is 29.8 Å². The second-order valence-corrected chi connectivity index (χ2v) is 4.85. The molecule has 0 saturated heterocycles. The van der Waals surface area contributed by atoms with Gasteiger partial charge in [0.15, 0.2) is 0 Å². The SMILES string of the molecule is CCCCCCCOc1cccc(C(C)NC)c1. The van der Waals surface area contributed by atoms with E-state index in [-0.39, 0.29) is 0 Å². The Morgan fingerprint density at radius 3 is 2.67 bits per heavy atom. The van der Waals surface area contributed by atoms with Gasteiger partial charge >= 0.3 is 0 Å². The predicted molar refractivity (Wildman–Crippen MR) is 78.2 cm³/mol. The van der Waals surface area contributed by atoms with Gasteiger partial charge in [0.2, 0.25) is 0 Å². The molecule has 2 heteroatoms. The zero-order valence-electron chi connectivity index (χ0n) is 12.0. The number of benzene rings is 1. The number of nitrogens with one attached hydrogen (secondary N) is 1. The molecule has 0 saturated carbocycles. The Hall–Kier alpha value is -1.02. The van der Waals surface area contributed by atoms with Crippen LogP contribution in [0.3, 0.4) is 0 Å². The van der Waals surface area contributed by atoms with Gasteiger partial charge in [-0.1, -0.05) is 44.7 Å². The smallest absolute Gasteiger partial charge is 0.119 e. The summed E-state index contributed by atoms with van der Waals surface area (Å²) in [5.74, 6) is 0.991. The highest BCUT2D eigenvalue weighted by atomic mass is 16.5. The molecular weight excluding hydrogens is 222 g/mol. The molecule has 0 aromatic heterocycles. The molecule has 1 unspecified atom stereocenters. The van der Waals surface area contributed by atoms with Crippen molar-refractivity contribution in [2.75, 3.05) is 13.7 Å². The lowest BCUT2D eigenvalue weighted by Gasteiger charge is -2.12. The number of unbranched alkanes of at least 4 members (excludes halogenated alkanes) is 4. The number of hydrogen-bond acceptors (Lipinski definition) is 2. The maximum atomic E-state index is 5.79. The Morgan fingerprint density at radius 2 is 1.94 bits per heavy atom. The van der Waals surface area contributed by atoms with Crippen LogP contribution in [-0.4, -0.2) is 13.7 Å². The van der Waals surface area contributed by atoms with Crippen molar-refractivity contribution >= 4 is 0 Å². The van der Waals surface area contributed by atoms with Crippen LogP contribution in [0.2, 0.25) is 0 Å². The Kier molecular flexibility index (Phi) is 7.51. The van der Waals surface area contributed by atoms with Gasteiger partial charge in [0, 0.05) is 6.04 Å². The zero-order valence-corrected chi connectivity index (χ0v) is 12.0. The molecule has 0 amide bonds. The standard InChI is InChI=1S/C16H27NO/c1-4-5-6-7-8-12-18-16-11-9-10-15(13-16)14(2)17-3/h9-11,13-14,17H,4-8,12H2,1-3H3. The Bertz CT molecular complexity index is 325. The fraction of sp³-hybridized carbons (Fsp3) is 0.625. The van der Waals surface area contributed by atoms with Crippen LogP contribution in [0.5, 0.6) is 5.75 Å². The summed E-state index contributed by atoms with van der Waals surface area (Å²) in [6, 6.07) is 8.74. The predicted octanol–water partition coefficient (Wildman–Crippen LogP) is 4.32. The zero-order chi connectivity index (χ0) is 13.2. The van der Waals surface area contributed by atoms with Crippen LogP contribution in [0.1, 0.15) is 57.6 Å². The molecular formula is C16H27NO. The normalized spacial score (nSPS) is 12.4. The number of hydrogen-bond donors (Lipinski definition) is 1. The molecule has 0 radical (unpaired) electrons. The van der Waals surface area contributed by atoms with E-state index in [0.29, 0.717) is 6.04 Å². The monoisotopic (exact) mass is 249 g/mol. The van der Waals surface area contributed by atoms with Crippen LogP contribution in [0.15, 0.2) is 24.3 Å². The molecule has 18 heavy (non-hydrogen) atoms. The van der Waals surface area contributed by atoms with Crippen molar-refractivity contribution in [3.63, 3.8) is 0 Å². The van der Waals surface area contributed by atoms with Gasteiger partial charge in [-0.2, -0.15) is 0 Å². The van der Waals surface area contributed by atoms with Crippen molar-refractivity contribution in [2.24, 2.45) is 0 Å². The molecule has 0 bridgehead atoms. The van der Waals surface area contributed by atoms with E-state index >= 15 is 0 Å². The third-order valence-electron chi connectivity index (χ3n) is 3.31. The Morgan fingerprint density at radius 1 is 1.17 bits per heavy atom. The van der Waals surface area contributed by atoms with E-state index in [0.717, 1.165) is 18.8 Å². The summed E-state index contributed by atoms with van der Waals surface area (Å²) in [7, 11) is 1.98. The summed E-state index contributed by atoms with van der Waals surface area (Å²) in [5.41, 5.74) is 1.28. The maximum absolute atomic E-state index is 5.79. The highest BCUT2D eigenvalue weighted by Gasteiger charge is 2.03. The highest BCUT2D eigenvalue weighted by molar-refractivity contribution is 5.30. The maximum Gasteiger partial charge on any atom is 0.119 e. The van der Waals surface area contributed by atoms with Gasteiger partial charge in [-0.3, -0.25) is 0 Å². The molecule has 1 atom stereocenters. The molecule has 0 aliphatic carbocycles. The van der Waals surface area contributed by atoms with E-state index in [9.17, 15) is 0 Å². The van der Waals surface area contributed by atoms with E-state index in [2.05, 4.69) is 37.4 Å². The highest BCUT2D eigenvalue weighted by Crippen LogP contribution is 2.19. The molecule has 1 aromatic rings. The molecule has 102 valence electrons. The summed E-state index contributed by atoms with van der Waals surface area (Å²) in [4.78, 5) is 0. The van der Waals surface area contributed by atoms with Gasteiger partial charge < -0.3 is 10.1 Å². The summed E-state index contributed by atoms with van der Waals surface area (Å²) in [6.45, 7) is 5.23. The molecule has 0 aliphatic heterocycles. The van der Waals surface area contributed by atoms with Crippen molar-refractivity contribution in [1.29, 1.82) is 0 Å². The summed E-state index contributed by atoms with van der Waals surface area (Å²) < 4.78 is 5.79. The van der Waals surface area contributed by atoms with Crippen LogP contribution in [0.4, 0.5) is 0 Å². The van der Waals surface area contributed by atoms with E-state index in [4.69, 9.17) is 4.74 Å². The van der Waals surface area contributed by atoms with Gasteiger partial charge in [0.25, 0.3) is 0 Å². The largest absolute Gasteiger partial charge is 0.494 e. The van der Waals surface area contributed by atoms with Crippen molar-refractivity contribution in [2.45, 2.75) is 52.0 Å². The lowest BCUT2D eigenvalue weighted by molar-refractivity contribution is 0.304. The fourth-order valence-electron chi connectivity index (χ4n) is 1.94. The topological polar surface area (TPSA) is 21.3 Å². The van der Waals surface area contributed by atoms with E-state index in [1.807, 2.05) is 13.1 Å². The molecule has 1 N–H and O–H groups in total. The average molecular weight is 249 g/mol. The van der Waals surface area contributed by atoms with Gasteiger partial charge in [-0.05, 0) is 38.1 Å². The number of ether oxygens (including phenoxy) is 1. The van der Waals surface area contributed by atoms with Crippen molar-refractivity contribution < 1.29 is 4.74 Å². The van der Waals surface area contributed by atoms with E-state index in [1.165, 1.54) is 31.2 Å². The van der Waals surface area contributed by atoms with Gasteiger partial charge in [0.1, 0.15) is 5.75 Å². The quantitative estimate of drug-likeness (QED) is 0.658. The molecule has 2 nitrogen and oxygen atoms in total. The second kappa shape index (κ2) is 8.98. The summed E-state index contributed by atoms with van der Waals surface area (Å²) in [5, 5.41) is 3.24. The minimum absolute atomic E-state index is 0.373. The molecule has 0 spiro atoms. The molecule has 0 fully saturated rings. The Balaban J connectivity index is 2.29. The van der Waals surface area contributed by atoms with Crippen LogP contribution in [0.25, 0.3) is 0 Å². The van der Waals surface area contributed by atoms with E-state index < -0.39 is 0 Å². The van der Waals surface area contributed by atoms with Gasteiger partial charge in [-0.25, -0.2) is 0 Å². The third kappa shape index (κ3) is 5.54. The first kappa shape index (κ1) is 15.0. The second-order valence-electron chi connectivity index (χ2n) is 4.85. The van der Waals surface area contributed by atoms with Gasteiger partial charge in [-0.15, -0.1) is 0 Å². The minimum atomic E-state index is 0.373. The molecule has 1 rings (SSSR count). The van der Waals surface area contributed by atoms with Gasteiger partial charge in [0.05, 0.1) is 6.61 Å². The summed E-state index contributed by atoms with van der Waals surface area (Å²) >= 11 is 0. The van der Waals surface area contributed by atoms with Crippen molar-refractivity contribution in [3.8, 4) is 5.75 Å². The first-order valence-corrected chi connectivity index (χ1v) is 7.18. The van der Waals surface area contributed by atoms with E-state index in [1.54, 1.807) is 0 Å². The van der Waals surface area contributed by atoms with Crippen LogP contribution < -0.4 is 10.1 Å². The van der Waals surface area contributed by atoms with Crippen LogP contribution in [0, 0.1) is 0 Å². The Labute approximate surface area is 112 Å². The first-order valence-electron chi connectivity index (χ1n) is 7.18. The third-order valence-corrected chi connectivity index (χ3v) is 3.31. The van der Waals surface area contributed by atoms with Crippen molar-refractivity contribution in [1.82, 2.24) is 5.32 Å². The fourth-order valence-corrected chi connectivity index (χ4v) is 1.94. The molecule has 0 aliphatic rings. The summed E-state index contributed by atoms with van der Waals surface area (Å²) in [6.07, 6.45) is 6.41. The van der Waals surface area contributed by atoms with Crippen LogP contribution in [-0.2, 0) is 0 Å². The molecule has 1 aromatic carbocycles. The lowest BCUT2D eigenvalue weighted by Crippen LogP contribution is -2.12. The lowest BCUT2D eigenvalue weighted by atomic mass is 10.1. The average Bonchev–Trinajstić information content (AvgIpc) is 2.42. The van der Waals surface area contributed by atoms with Crippen LogP contribution >= 0.6 is 0 Å².